The van der Waals surface area contributed by atoms with E-state index in [2.05, 4.69) is 137 Å². The number of aliphatic hydroxyl groups is 1. The normalized spacial score (nSPS) is 14.4. The number of hydrogen-bond donors (Lipinski definition) is 3. The molecule has 0 aliphatic heterocycles. The second-order valence-electron chi connectivity index (χ2n) is 27.3. The molecule has 19 heteroatoms. The summed E-state index contributed by atoms with van der Waals surface area (Å²) < 4.78 is 68.7. The number of hydrogen-bond acceptors (Lipinski definition) is 15. The molecule has 0 heterocycles. The monoisotopic (exact) mass is 1500 g/mol. The summed E-state index contributed by atoms with van der Waals surface area (Å²) in [6, 6.07) is 0. The molecule has 0 saturated carbocycles. The number of rotatable bonds is 77. The summed E-state index contributed by atoms with van der Waals surface area (Å²) in [4.78, 5) is 73.1. The first-order valence-electron chi connectivity index (χ1n) is 41.1. The van der Waals surface area contributed by atoms with Gasteiger partial charge < -0.3 is 33.8 Å². The Morgan fingerprint density at radius 1 is 0.279 bits per heavy atom. The summed E-state index contributed by atoms with van der Waals surface area (Å²) in [5.41, 5.74) is 0. The van der Waals surface area contributed by atoms with Crippen molar-refractivity contribution >= 4 is 39.5 Å². The molecule has 104 heavy (non-hydrogen) atoms. The number of unbranched alkanes of at least 4 members (excludes halogenated alkanes) is 33. The molecule has 0 aliphatic rings. The fourth-order valence-corrected chi connectivity index (χ4v) is 12.5. The van der Waals surface area contributed by atoms with Crippen molar-refractivity contribution in [2.75, 3.05) is 39.6 Å². The fourth-order valence-electron chi connectivity index (χ4n) is 11.0. The molecule has 0 spiro atoms. The second kappa shape index (κ2) is 76.9. The SMILES string of the molecule is CC/C=C\C/C=C\C/C=C\C/C=C\CCCCCCC(=O)OC(COC(=O)CCCCCCCC/C=C\C/C=C\C/C=C\CCCCC)COP(=O)(O)OCC(O)COP(=O)(O)OCC(COC(=O)CCCCCCC/C=C\C/C=C\CCCCC)OC(=O)CCCCCCCCCCCCCCC. The Hall–Kier alpha value is -4.28. The van der Waals surface area contributed by atoms with Crippen molar-refractivity contribution in [1.29, 1.82) is 0 Å². The first-order valence-corrected chi connectivity index (χ1v) is 44.1. The molecule has 0 fully saturated rings. The molecule has 0 aliphatic carbocycles. The lowest BCUT2D eigenvalue weighted by Gasteiger charge is -2.21. The lowest BCUT2D eigenvalue weighted by atomic mass is 10.0. The van der Waals surface area contributed by atoms with Crippen LogP contribution < -0.4 is 0 Å². The number of phosphoric ester groups is 2. The Morgan fingerprint density at radius 3 is 0.788 bits per heavy atom. The highest BCUT2D eigenvalue weighted by atomic mass is 31.2. The first kappa shape index (κ1) is 99.7. The maximum atomic E-state index is 13.1. The Labute approximate surface area is 632 Å². The first-order chi connectivity index (χ1) is 50.7. The zero-order valence-electron chi connectivity index (χ0n) is 65.7. The molecule has 0 bridgehead atoms. The molecule has 0 saturated heterocycles. The molecule has 0 amide bonds. The number of aliphatic hydroxyl groups excluding tert-OH is 1. The number of phosphoric acid groups is 2. The van der Waals surface area contributed by atoms with Gasteiger partial charge in [-0.25, -0.2) is 9.13 Å². The molecular formula is C85H148O17P2. The smallest absolute Gasteiger partial charge is 0.462 e. The lowest BCUT2D eigenvalue weighted by Crippen LogP contribution is -2.30. The fraction of sp³-hybridized carbons (Fsp3) is 0.741. The minimum Gasteiger partial charge on any atom is -0.462 e. The number of ether oxygens (including phenoxy) is 4. The highest BCUT2D eigenvalue weighted by Crippen LogP contribution is 2.45. The Kier molecular flexibility index (Phi) is 73.7. The van der Waals surface area contributed by atoms with Gasteiger partial charge in [-0.05, 0) is 135 Å². The third-order valence-electron chi connectivity index (χ3n) is 17.2. The van der Waals surface area contributed by atoms with Gasteiger partial charge in [0.15, 0.2) is 12.2 Å². The van der Waals surface area contributed by atoms with Crippen molar-refractivity contribution in [2.24, 2.45) is 0 Å². The number of allylic oxidation sites excluding steroid dienone is 18. The average Bonchev–Trinajstić information content (AvgIpc) is 0.917. The van der Waals surface area contributed by atoms with E-state index < -0.39 is 97.5 Å². The summed E-state index contributed by atoms with van der Waals surface area (Å²) in [6.45, 7) is 4.69. The molecule has 5 unspecified atom stereocenters. The topological polar surface area (TPSA) is 237 Å². The third kappa shape index (κ3) is 75.9. The standard InChI is InChI=1S/C85H148O17P2/c1-5-9-13-17-21-25-29-33-36-38-39-41-43-47-50-54-58-62-66-70-83(88)96-76-81(102-85(90)72-68-64-60-56-52-48-44-40-37-34-30-26-22-18-14-10-6-2)78-100-104(93,94)98-74-79(86)73-97-103(91,92)99-77-80(101-84(89)71-67-63-59-55-51-45-32-28-24-20-16-12-8-4)75-95-82(87)69-65-61-57-53-49-46-42-35-31-27-23-19-15-11-7-3/h10,14,21-23,25-27,33-37,39,41-42,44,48,79-81,86H,5-9,11-13,15-20,24,28-32,38,40,43,45-47,49-78H2,1-4H3,(H,91,92)(H,93,94)/b14-10-,25-21-,26-22-,27-23-,36-33-,37-34-,41-39-,42-35-,48-44-. The largest absolute Gasteiger partial charge is 0.472 e. The molecule has 3 N–H and O–H groups in total. The third-order valence-corrected chi connectivity index (χ3v) is 19.1. The van der Waals surface area contributed by atoms with E-state index in [1.165, 1.54) is 89.9 Å². The Bertz CT molecular complexity index is 2390. The summed E-state index contributed by atoms with van der Waals surface area (Å²) in [6.07, 6.45) is 83.4. The van der Waals surface area contributed by atoms with Crippen molar-refractivity contribution in [3.63, 3.8) is 0 Å². The van der Waals surface area contributed by atoms with Crippen molar-refractivity contribution < 1.29 is 80.2 Å². The molecule has 600 valence electrons. The van der Waals surface area contributed by atoms with Crippen LogP contribution in [-0.4, -0.2) is 96.7 Å². The van der Waals surface area contributed by atoms with Crippen molar-refractivity contribution in [2.45, 2.75) is 367 Å². The van der Waals surface area contributed by atoms with Gasteiger partial charge in [-0.3, -0.25) is 37.3 Å². The zero-order valence-corrected chi connectivity index (χ0v) is 67.5. The summed E-state index contributed by atoms with van der Waals surface area (Å²) >= 11 is 0. The van der Waals surface area contributed by atoms with Gasteiger partial charge in [0.25, 0.3) is 0 Å². The summed E-state index contributed by atoms with van der Waals surface area (Å²) in [5, 5.41) is 10.6. The van der Waals surface area contributed by atoms with Crippen LogP contribution in [0.3, 0.4) is 0 Å². The van der Waals surface area contributed by atoms with Crippen molar-refractivity contribution in [3.8, 4) is 0 Å². The van der Waals surface area contributed by atoms with Crippen LogP contribution in [0.25, 0.3) is 0 Å². The average molecular weight is 1500 g/mol. The molecule has 17 nitrogen and oxygen atoms in total. The van der Waals surface area contributed by atoms with Crippen molar-refractivity contribution in [3.05, 3.63) is 109 Å². The highest BCUT2D eigenvalue weighted by molar-refractivity contribution is 7.47. The van der Waals surface area contributed by atoms with Gasteiger partial charge in [0.05, 0.1) is 26.4 Å². The molecule has 0 radical (unpaired) electrons. The van der Waals surface area contributed by atoms with Crippen LogP contribution in [0.1, 0.15) is 349 Å². The van der Waals surface area contributed by atoms with E-state index in [0.717, 1.165) is 180 Å². The van der Waals surface area contributed by atoms with E-state index in [1.54, 1.807) is 0 Å². The molecule has 5 atom stereocenters. The van der Waals surface area contributed by atoms with Gasteiger partial charge in [-0.15, -0.1) is 0 Å². The van der Waals surface area contributed by atoms with Crippen LogP contribution in [0.5, 0.6) is 0 Å². The predicted octanol–water partition coefficient (Wildman–Crippen LogP) is 24.1. The molecule has 0 rings (SSSR count). The lowest BCUT2D eigenvalue weighted by molar-refractivity contribution is -0.161. The van der Waals surface area contributed by atoms with Crippen LogP contribution in [0.2, 0.25) is 0 Å². The molecule has 0 aromatic heterocycles. The Morgan fingerprint density at radius 2 is 0.500 bits per heavy atom. The Balaban J connectivity index is 5.39. The molecule has 0 aromatic carbocycles. The van der Waals surface area contributed by atoms with E-state index in [-0.39, 0.29) is 25.7 Å². The summed E-state index contributed by atoms with van der Waals surface area (Å²) in [5.74, 6) is -2.21. The van der Waals surface area contributed by atoms with Gasteiger partial charge in [0, 0.05) is 25.7 Å². The van der Waals surface area contributed by atoms with E-state index in [0.29, 0.717) is 25.7 Å². The summed E-state index contributed by atoms with van der Waals surface area (Å²) in [7, 11) is -9.97. The van der Waals surface area contributed by atoms with Crippen LogP contribution in [0.4, 0.5) is 0 Å². The van der Waals surface area contributed by atoms with Crippen LogP contribution in [0.15, 0.2) is 109 Å². The maximum absolute atomic E-state index is 13.1. The minimum atomic E-state index is -4.99. The number of carbonyl (C=O) groups is 4. The van der Waals surface area contributed by atoms with Crippen molar-refractivity contribution in [1.82, 2.24) is 0 Å². The number of esters is 4. The minimum absolute atomic E-state index is 0.0628. The van der Waals surface area contributed by atoms with E-state index in [9.17, 15) is 43.2 Å². The van der Waals surface area contributed by atoms with E-state index in [4.69, 9.17) is 37.0 Å². The quantitative estimate of drug-likeness (QED) is 0.0169. The predicted molar refractivity (Wildman–Crippen MR) is 427 cm³/mol. The van der Waals surface area contributed by atoms with Crippen LogP contribution in [0, 0.1) is 0 Å². The second-order valence-corrected chi connectivity index (χ2v) is 30.2. The maximum Gasteiger partial charge on any atom is 0.472 e. The molecule has 0 aromatic rings. The van der Waals surface area contributed by atoms with E-state index in [1.807, 2.05) is 0 Å². The van der Waals surface area contributed by atoms with E-state index >= 15 is 0 Å². The number of carbonyl (C=O) groups excluding carboxylic acids is 4. The van der Waals surface area contributed by atoms with Crippen LogP contribution in [-0.2, 0) is 65.4 Å². The van der Waals surface area contributed by atoms with Gasteiger partial charge in [0.1, 0.15) is 19.3 Å². The van der Waals surface area contributed by atoms with Gasteiger partial charge >= 0.3 is 39.5 Å². The van der Waals surface area contributed by atoms with Gasteiger partial charge in [-0.1, -0.05) is 298 Å². The highest BCUT2D eigenvalue weighted by Gasteiger charge is 2.30. The zero-order chi connectivity index (χ0) is 76.0. The van der Waals surface area contributed by atoms with Gasteiger partial charge in [-0.2, -0.15) is 0 Å². The van der Waals surface area contributed by atoms with Gasteiger partial charge in [0.2, 0.25) is 0 Å². The molecular weight excluding hydrogens is 1350 g/mol. The van der Waals surface area contributed by atoms with Crippen LogP contribution >= 0.6 is 15.6 Å².